The molecule has 150 valence electrons. The first-order valence-electron chi connectivity index (χ1n) is 10.6. The van der Waals surface area contributed by atoms with Crippen molar-refractivity contribution in [3.05, 3.63) is 29.6 Å². The molecule has 0 spiro atoms. The van der Waals surface area contributed by atoms with Gasteiger partial charge in [0.05, 0.1) is 12.0 Å². The van der Waals surface area contributed by atoms with Crippen molar-refractivity contribution < 1.29 is 14.0 Å². The van der Waals surface area contributed by atoms with Crippen LogP contribution in [0.2, 0.25) is 0 Å². The number of alkyl halides is 1. The van der Waals surface area contributed by atoms with Gasteiger partial charge in [-0.15, -0.1) is 0 Å². The van der Waals surface area contributed by atoms with Gasteiger partial charge in [0.15, 0.2) is 0 Å². The maximum Gasteiger partial charge on any atom is 0.270 e. The Morgan fingerprint density at radius 2 is 1.96 bits per heavy atom. The van der Waals surface area contributed by atoms with Gasteiger partial charge in [-0.3, -0.25) is 9.59 Å². The Bertz CT molecular complexity index is 812. The van der Waals surface area contributed by atoms with E-state index in [0.717, 1.165) is 37.8 Å². The Balaban J connectivity index is 1.40. The molecule has 2 heterocycles. The third-order valence-corrected chi connectivity index (χ3v) is 7.43. The topological polar surface area (TPSA) is 62.3 Å². The van der Waals surface area contributed by atoms with Crippen molar-refractivity contribution in [2.24, 2.45) is 17.3 Å². The molecule has 1 saturated heterocycles. The zero-order valence-corrected chi connectivity index (χ0v) is 16.4. The van der Waals surface area contributed by atoms with Crippen LogP contribution >= 0.6 is 0 Å². The van der Waals surface area contributed by atoms with E-state index in [1.54, 1.807) is 11.0 Å². The predicted octanol–water partition coefficient (Wildman–Crippen LogP) is 3.03. The van der Waals surface area contributed by atoms with Crippen LogP contribution in [0.15, 0.2) is 18.2 Å². The number of carbonyl (C=O) groups excluding carboxylic acids is 2. The summed E-state index contributed by atoms with van der Waals surface area (Å²) < 4.78 is 13.7. The summed E-state index contributed by atoms with van der Waals surface area (Å²) in [6, 6.07) is 5.47. The summed E-state index contributed by atoms with van der Waals surface area (Å²) in [6.07, 6.45) is 5.10. The minimum absolute atomic E-state index is 0.133. The van der Waals surface area contributed by atoms with Crippen LogP contribution in [0, 0.1) is 24.2 Å². The quantitative estimate of drug-likeness (QED) is 0.870. The van der Waals surface area contributed by atoms with Crippen LogP contribution in [-0.2, 0) is 4.79 Å². The van der Waals surface area contributed by atoms with E-state index in [1.165, 1.54) is 0 Å². The third kappa shape index (κ3) is 2.92. The van der Waals surface area contributed by atoms with Gasteiger partial charge in [-0.05, 0) is 75.8 Å². The molecule has 6 heteroatoms. The zero-order valence-electron chi connectivity index (χ0n) is 16.4. The molecule has 4 bridgehead atoms. The number of halogens is 1. The maximum atomic E-state index is 13.7. The Hall–Kier alpha value is -1.98. The minimum Gasteiger partial charge on any atom is -0.345 e. The molecule has 4 saturated carbocycles. The molecule has 1 aromatic rings. The summed E-state index contributed by atoms with van der Waals surface area (Å²) in [7, 11) is 0. The number of nitrogens with zero attached hydrogens (tertiary/aromatic N) is 2. The average Bonchev–Trinajstić information content (AvgIpc) is 3.06. The number of aryl methyl sites for hydroxylation is 1. The molecule has 5 fully saturated rings. The molecule has 5 nitrogen and oxygen atoms in total. The van der Waals surface area contributed by atoms with Crippen LogP contribution in [-0.4, -0.2) is 46.5 Å². The van der Waals surface area contributed by atoms with Gasteiger partial charge >= 0.3 is 0 Å². The second-order valence-corrected chi connectivity index (χ2v) is 9.78. The highest BCUT2D eigenvalue weighted by Gasteiger charge is 2.62. The molecular formula is C22H28FN3O2. The molecule has 5 aliphatic rings. The van der Waals surface area contributed by atoms with Gasteiger partial charge in [-0.1, -0.05) is 6.07 Å². The Morgan fingerprint density at radius 3 is 2.61 bits per heavy atom. The van der Waals surface area contributed by atoms with E-state index < -0.39 is 11.6 Å². The number of carbonyl (C=O) groups is 2. The molecule has 2 amide bonds. The minimum atomic E-state index is -0.890. The van der Waals surface area contributed by atoms with Crippen LogP contribution in [0.4, 0.5) is 4.39 Å². The van der Waals surface area contributed by atoms with E-state index in [9.17, 15) is 14.0 Å². The number of nitrogens with one attached hydrogen (secondary N) is 1. The lowest BCUT2D eigenvalue weighted by Crippen LogP contribution is -2.66. The molecule has 28 heavy (non-hydrogen) atoms. The van der Waals surface area contributed by atoms with Crippen LogP contribution in [0.25, 0.3) is 0 Å². The van der Waals surface area contributed by atoms with Crippen molar-refractivity contribution in [3.63, 3.8) is 0 Å². The van der Waals surface area contributed by atoms with Gasteiger partial charge in [0.25, 0.3) is 5.91 Å². The highest BCUT2D eigenvalue weighted by atomic mass is 19.1. The summed E-state index contributed by atoms with van der Waals surface area (Å²) in [5.41, 5.74) is 0.522. The van der Waals surface area contributed by atoms with Gasteiger partial charge in [0.1, 0.15) is 11.9 Å². The Labute approximate surface area is 165 Å². The fourth-order valence-corrected chi connectivity index (χ4v) is 6.87. The monoisotopic (exact) mass is 385 g/mol. The van der Waals surface area contributed by atoms with Gasteiger partial charge < -0.3 is 10.2 Å². The van der Waals surface area contributed by atoms with Crippen LogP contribution < -0.4 is 5.32 Å². The predicted molar refractivity (Wildman–Crippen MR) is 102 cm³/mol. The summed E-state index contributed by atoms with van der Waals surface area (Å²) in [5, 5.41) is 3.30. The van der Waals surface area contributed by atoms with E-state index in [0.29, 0.717) is 36.9 Å². The number of rotatable bonds is 3. The lowest BCUT2D eigenvalue weighted by molar-refractivity contribution is -0.160. The standard InChI is InChI=1S/C22H28FN3O2/c1-14-3-2-4-18(24-14)19(27)25-22-10-15-7-16(11-22)9-21(8-15,13-22)20(28)26-6-5-17(23)12-26/h2-4,15-17H,5-13H2,1H3,(H,25,27)/t15?,16?,17-,21?,22?/m1/s1. The molecule has 1 aromatic heterocycles. The molecule has 0 aromatic carbocycles. The van der Waals surface area contributed by atoms with Crippen molar-refractivity contribution in [3.8, 4) is 0 Å². The molecule has 1 aliphatic heterocycles. The summed E-state index contributed by atoms with van der Waals surface area (Å²) in [4.78, 5) is 32.5. The van der Waals surface area contributed by atoms with E-state index in [2.05, 4.69) is 10.3 Å². The Kier molecular flexibility index (Phi) is 4.04. The van der Waals surface area contributed by atoms with E-state index in [-0.39, 0.29) is 23.9 Å². The molecule has 1 N–H and O–H groups in total. The molecule has 3 atom stereocenters. The van der Waals surface area contributed by atoms with Crippen molar-refractivity contribution in [2.45, 2.75) is 63.6 Å². The van der Waals surface area contributed by atoms with Crippen LogP contribution in [0.5, 0.6) is 0 Å². The van der Waals surface area contributed by atoms with Crippen LogP contribution in [0.1, 0.15) is 61.1 Å². The smallest absolute Gasteiger partial charge is 0.270 e. The highest BCUT2D eigenvalue weighted by molar-refractivity contribution is 5.93. The van der Waals surface area contributed by atoms with Gasteiger partial charge in [-0.2, -0.15) is 0 Å². The highest BCUT2D eigenvalue weighted by Crippen LogP contribution is 2.62. The molecule has 6 rings (SSSR count). The maximum absolute atomic E-state index is 13.7. The number of amides is 2. The Morgan fingerprint density at radius 1 is 1.21 bits per heavy atom. The van der Waals surface area contributed by atoms with E-state index >= 15 is 0 Å². The van der Waals surface area contributed by atoms with Gasteiger partial charge in [0, 0.05) is 17.8 Å². The summed E-state index contributed by atoms with van der Waals surface area (Å²) in [6.45, 7) is 2.65. The number of pyridine rings is 1. The third-order valence-electron chi connectivity index (χ3n) is 7.43. The molecular weight excluding hydrogens is 357 g/mol. The lowest BCUT2D eigenvalue weighted by atomic mass is 9.46. The molecule has 2 unspecified atom stereocenters. The summed E-state index contributed by atoms with van der Waals surface area (Å²) in [5.74, 6) is 0.937. The van der Waals surface area contributed by atoms with Gasteiger partial charge in [0.2, 0.25) is 5.91 Å². The first kappa shape index (κ1) is 18.1. The molecule has 4 aliphatic carbocycles. The van der Waals surface area contributed by atoms with Gasteiger partial charge in [-0.25, -0.2) is 9.37 Å². The van der Waals surface area contributed by atoms with E-state index in [1.807, 2.05) is 19.1 Å². The van der Waals surface area contributed by atoms with Crippen molar-refractivity contribution in [1.29, 1.82) is 0 Å². The fourth-order valence-electron chi connectivity index (χ4n) is 6.87. The van der Waals surface area contributed by atoms with Crippen molar-refractivity contribution in [1.82, 2.24) is 15.2 Å². The van der Waals surface area contributed by atoms with Crippen molar-refractivity contribution >= 4 is 11.8 Å². The fraction of sp³-hybridized carbons (Fsp3) is 0.682. The normalized spacial score (nSPS) is 38.6. The average molecular weight is 385 g/mol. The number of likely N-dealkylation sites (tertiary alicyclic amines) is 1. The SMILES string of the molecule is Cc1cccc(C(=O)NC23CC4CC(C2)CC(C(=O)N2CC[C@@H](F)C2)(C4)C3)n1. The second kappa shape index (κ2) is 6.26. The first-order chi connectivity index (χ1) is 13.4. The van der Waals surface area contributed by atoms with E-state index in [4.69, 9.17) is 0 Å². The number of hydrogen-bond acceptors (Lipinski definition) is 3. The zero-order chi connectivity index (χ0) is 19.5. The lowest BCUT2D eigenvalue weighted by Gasteiger charge is -2.61. The summed E-state index contributed by atoms with van der Waals surface area (Å²) >= 11 is 0. The number of aromatic nitrogens is 1. The van der Waals surface area contributed by atoms with Crippen molar-refractivity contribution in [2.75, 3.05) is 13.1 Å². The van der Waals surface area contributed by atoms with Crippen LogP contribution in [0.3, 0.4) is 0 Å². The number of hydrogen-bond donors (Lipinski definition) is 1. The largest absolute Gasteiger partial charge is 0.345 e. The molecule has 0 radical (unpaired) electrons. The first-order valence-corrected chi connectivity index (χ1v) is 10.6. The second-order valence-electron chi connectivity index (χ2n) is 9.78.